The van der Waals surface area contributed by atoms with Crippen molar-refractivity contribution in [2.75, 3.05) is 20.7 Å². The minimum absolute atomic E-state index is 0.0521. The second-order valence-corrected chi connectivity index (χ2v) is 3.79. The van der Waals surface area contributed by atoms with Crippen molar-refractivity contribution in [3.05, 3.63) is 29.8 Å². The molecule has 1 aromatic rings. The number of carboxylic acid groups (broad SMARTS) is 1. The molecule has 1 N–H and O–H groups in total. The number of hydrogen-bond donors (Lipinski definition) is 1. The Balaban J connectivity index is 2.60. The number of aliphatic carboxylic acids is 1. The maximum Gasteiger partial charge on any atom is 0.307 e. The summed E-state index contributed by atoms with van der Waals surface area (Å²) >= 11 is 0. The van der Waals surface area contributed by atoms with Gasteiger partial charge in [0.15, 0.2) is 6.61 Å². The Morgan fingerprint density at radius 2 is 2.06 bits per heavy atom. The average Bonchev–Trinajstić information content (AvgIpc) is 2.25. The topological polar surface area (TPSA) is 66.8 Å². The number of carbonyl (C=O) groups excluding carboxylic acids is 1. The number of nitrogens with zero attached hydrogens (tertiary/aromatic N) is 1. The van der Waals surface area contributed by atoms with E-state index in [-0.39, 0.29) is 18.9 Å². The molecule has 0 spiro atoms. The summed E-state index contributed by atoms with van der Waals surface area (Å²) in [5, 5.41) is 8.65. The van der Waals surface area contributed by atoms with Crippen molar-refractivity contribution >= 4 is 11.9 Å². The van der Waals surface area contributed by atoms with Crippen molar-refractivity contribution in [3.8, 4) is 5.75 Å². The van der Waals surface area contributed by atoms with E-state index in [1.54, 1.807) is 38.4 Å². The predicted octanol–water partition coefficient (Wildman–Crippen LogP) is 0.781. The van der Waals surface area contributed by atoms with Crippen LogP contribution in [0.3, 0.4) is 0 Å². The van der Waals surface area contributed by atoms with Crippen molar-refractivity contribution in [3.63, 3.8) is 0 Å². The van der Waals surface area contributed by atoms with E-state index < -0.39 is 5.97 Å². The third-order valence-corrected chi connectivity index (χ3v) is 2.11. The lowest BCUT2D eigenvalue weighted by molar-refractivity contribution is -0.136. The van der Waals surface area contributed by atoms with Crippen molar-refractivity contribution in [1.29, 1.82) is 0 Å². The Bertz CT molecular complexity index is 415. The standard InChI is InChI=1S/C12H15NO4/c1-13(2)11(14)8-17-10-5-3-4-9(6-10)7-12(15)16/h3-6H,7-8H2,1-2H3,(H,15,16). The van der Waals surface area contributed by atoms with Gasteiger partial charge in [0.25, 0.3) is 5.91 Å². The summed E-state index contributed by atoms with van der Waals surface area (Å²) < 4.78 is 5.27. The summed E-state index contributed by atoms with van der Waals surface area (Å²) in [6.07, 6.45) is -0.0567. The van der Waals surface area contributed by atoms with Gasteiger partial charge in [-0.15, -0.1) is 0 Å². The molecule has 0 aliphatic rings. The first-order valence-electron chi connectivity index (χ1n) is 5.12. The summed E-state index contributed by atoms with van der Waals surface area (Å²) in [4.78, 5) is 23.3. The molecule has 0 atom stereocenters. The summed E-state index contributed by atoms with van der Waals surface area (Å²) in [5.41, 5.74) is 0.646. The molecule has 0 saturated carbocycles. The Hall–Kier alpha value is -2.04. The minimum atomic E-state index is -0.897. The lowest BCUT2D eigenvalue weighted by atomic mass is 10.1. The number of benzene rings is 1. The van der Waals surface area contributed by atoms with Crippen LogP contribution in [0.5, 0.6) is 5.75 Å². The van der Waals surface area contributed by atoms with Gasteiger partial charge in [-0.05, 0) is 17.7 Å². The number of hydrogen-bond acceptors (Lipinski definition) is 3. The van der Waals surface area contributed by atoms with Gasteiger partial charge < -0.3 is 14.7 Å². The number of rotatable bonds is 5. The van der Waals surface area contributed by atoms with E-state index in [1.807, 2.05) is 0 Å². The highest BCUT2D eigenvalue weighted by Crippen LogP contribution is 2.13. The zero-order valence-corrected chi connectivity index (χ0v) is 9.84. The predicted molar refractivity (Wildman–Crippen MR) is 62.0 cm³/mol. The van der Waals surface area contributed by atoms with Crippen LogP contribution < -0.4 is 4.74 Å². The largest absolute Gasteiger partial charge is 0.484 e. The Labute approximate surface area is 99.6 Å². The fourth-order valence-corrected chi connectivity index (χ4v) is 1.19. The highest BCUT2D eigenvalue weighted by molar-refractivity contribution is 5.77. The summed E-state index contributed by atoms with van der Waals surface area (Å²) in [7, 11) is 3.29. The Kier molecular flexibility index (Phi) is 4.51. The molecular weight excluding hydrogens is 222 g/mol. The van der Waals surface area contributed by atoms with Gasteiger partial charge >= 0.3 is 5.97 Å². The van der Waals surface area contributed by atoms with Gasteiger partial charge in [0, 0.05) is 14.1 Å². The highest BCUT2D eigenvalue weighted by atomic mass is 16.5. The molecule has 0 aliphatic heterocycles. The molecule has 0 saturated heterocycles. The first kappa shape index (κ1) is 13.0. The Morgan fingerprint density at radius 1 is 1.35 bits per heavy atom. The van der Waals surface area contributed by atoms with Crippen molar-refractivity contribution in [2.45, 2.75) is 6.42 Å². The summed E-state index contributed by atoms with van der Waals surface area (Å²) in [5.74, 6) is -0.542. The molecule has 0 bridgehead atoms. The molecule has 0 aromatic heterocycles. The molecule has 1 rings (SSSR count). The molecule has 0 heterocycles. The van der Waals surface area contributed by atoms with Gasteiger partial charge in [-0.1, -0.05) is 12.1 Å². The van der Waals surface area contributed by atoms with Gasteiger partial charge in [-0.3, -0.25) is 9.59 Å². The van der Waals surface area contributed by atoms with Gasteiger partial charge in [0.2, 0.25) is 0 Å². The summed E-state index contributed by atoms with van der Waals surface area (Å²) in [6.45, 7) is -0.0521. The van der Waals surface area contributed by atoms with E-state index in [0.717, 1.165) is 0 Å². The number of carbonyl (C=O) groups is 2. The van der Waals surface area contributed by atoms with Crippen LogP contribution in [-0.4, -0.2) is 42.6 Å². The molecule has 0 radical (unpaired) electrons. The fraction of sp³-hybridized carbons (Fsp3) is 0.333. The molecule has 17 heavy (non-hydrogen) atoms. The molecule has 0 unspecified atom stereocenters. The van der Waals surface area contributed by atoms with Gasteiger partial charge in [0.1, 0.15) is 5.75 Å². The number of amides is 1. The van der Waals surface area contributed by atoms with Crippen molar-refractivity contribution in [2.24, 2.45) is 0 Å². The van der Waals surface area contributed by atoms with E-state index in [0.29, 0.717) is 11.3 Å². The van der Waals surface area contributed by atoms with E-state index in [2.05, 4.69) is 0 Å². The molecule has 92 valence electrons. The van der Waals surface area contributed by atoms with Crippen LogP contribution in [0.15, 0.2) is 24.3 Å². The number of carboxylic acids is 1. The molecule has 1 aromatic carbocycles. The molecule has 0 fully saturated rings. The second-order valence-electron chi connectivity index (χ2n) is 3.79. The number of likely N-dealkylation sites (N-methyl/N-ethyl adjacent to an activating group) is 1. The molecular formula is C12H15NO4. The second kappa shape index (κ2) is 5.89. The van der Waals surface area contributed by atoms with Crippen LogP contribution in [0.1, 0.15) is 5.56 Å². The molecule has 0 aliphatic carbocycles. The van der Waals surface area contributed by atoms with Crippen molar-refractivity contribution in [1.82, 2.24) is 4.90 Å². The first-order chi connectivity index (χ1) is 7.99. The number of ether oxygens (including phenoxy) is 1. The fourth-order valence-electron chi connectivity index (χ4n) is 1.19. The molecule has 5 nitrogen and oxygen atoms in total. The zero-order chi connectivity index (χ0) is 12.8. The molecule has 5 heteroatoms. The maximum absolute atomic E-state index is 11.3. The van der Waals surface area contributed by atoms with Gasteiger partial charge in [0.05, 0.1) is 6.42 Å². The van der Waals surface area contributed by atoms with E-state index in [9.17, 15) is 9.59 Å². The monoisotopic (exact) mass is 237 g/mol. The van der Waals surface area contributed by atoms with E-state index in [1.165, 1.54) is 4.90 Å². The van der Waals surface area contributed by atoms with E-state index >= 15 is 0 Å². The van der Waals surface area contributed by atoms with E-state index in [4.69, 9.17) is 9.84 Å². The van der Waals surface area contributed by atoms with Crippen LogP contribution in [0.4, 0.5) is 0 Å². The zero-order valence-electron chi connectivity index (χ0n) is 9.84. The van der Waals surface area contributed by atoms with Crippen LogP contribution in [-0.2, 0) is 16.0 Å². The van der Waals surface area contributed by atoms with Crippen LogP contribution in [0, 0.1) is 0 Å². The SMILES string of the molecule is CN(C)C(=O)COc1cccc(CC(=O)O)c1. The normalized spacial score (nSPS) is 9.76. The quantitative estimate of drug-likeness (QED) is 0.821. The lowest BCUT2D eigenvalue weighted by Crippen LogP contribution is -2.27. The van der Waals surface area contributed by atoms with Gasteiger partial charge in [-0.2, -0.15) is 0 Å². The van der Waals surface area contributed by atoms with Crippen LogP contribution in [0.2, 0.25) is 0 Å². The molecule has 1 amide bonds. The average molecular weight is 237 g/mol. The smallest absolute Gasteiger partial charge is 0.307 e. The van der Waals surface area contributed by atoms with Crippen LogP contribution in [0.25, 0.3) is 0 Å². The lowest BCUT2D eigenvalue weighted by Gasteiger charge is -2.11. The highest BCUT2D eigenvalue weighted by Gasteiger charge is 2.06. The van der Waals surface area contributed by atoms with Gasteiger partial charge in [-0.25, -0.2) is 0 Å². The Morgan fingerprint density at radius 3 is 2.65 bits per heavy atom. The minimum Gasteiger partial charge on any atom is -0.484 e. The van der Waals surface area contributed by atoms with Crippen molar-refractivity contribution < 1.29 is 19.4 Å². The maximum atomic E-state index is 11.3. The first-order valence-corrected chi connectivity index (χ1v) is 5.12. The third-order valence-electron chi connectivity index (χ3n) is 2.11. The van der Waals surface area contributed by atoms with Crippen LogP contribution >= 0.6 is 0 Å². The third kappa shape index (κ3) is 4.55. The summed E-state index contributed by atoms with van der Waals surface area (Å²) in [6, 6.07) is 6.72.